The van der Waals surface area contributed by atoms with Gasteiger partial charge in [0, 0.05) is 52.8 Å². The Hall–Kier alpha value is -2.34. The molecule has 1 aromatic heterocycles. The molecule has 0 amide bonds. The average Bonchev–Trinajstić information content (AvgIpc) is 3.22. The van der Waals surface area contributed by atoms with Crippen LogP contribution < -0.4 is 5.32 Å². The molecule has 0 spiro atoms. The molecular formula is C20H29N5O. The molecule has 0 atom stereocenters. The summed E-state index contributed by atoms with van der Waals surface area (Å²) in [7, 11) is 3.95. The lowest BCUT2D eigenvalue weighted by molar-refractivity contribution is 0.0625. The quantitative estimate of drug-likeness (QED) is 0.639. The fourth-order valence-corrected chi connectivity index (χ4v) is 3.39. The molecule has 1 aromatic carbocycles. The van der Waals surface area contributed by atoms with Crippen molar-refractivity contribution in [2.24, 2.45) is 10.9 Å². The van der Waals surface area contributed by atoms with E-state index >= 15 is 0 Å². The van der Waals surface area contributed by atoms with Gasteiger partial charge in [-0.2, -0.15) is 0 Å². The summed E-state index contributed by atoms with van der Waals surface area (Å²) in [4.78, 5) is 10.8. The van der Waals surface area contributed by atoms with Crippen LogP contribution in [0.25, 0.3) is 5.69 Å². The highest BCUT2D eigenvalue weighted by Crippen LogP contribution is 2.18. The van der Waals surface area contributed by atoms with E-state index in [0.29, 0.717) is 0 Å². The summed E-state index contributed by atoms with van der Waals surface area (Å²) in [6, 6.07) is 8.36. The Balaban J connectivity index is 1.56. The molecule has 2 heterocycles. The average molecular weight is 355 g/mol. The molecule has 6 heteroatoms. The van der Waals surface area contributed by atoms with Crippen LogP contribution >= 0.6 is 0 Å². The minimum absolute atomic E-state index is 0.725. The normalized spacial score (nSPS) is 15.8. The highest BCUT2D eigenvalue weighted by molar-refractivity contribution is 5.79. The van der Waals surface area contributed by atoms with Gasteiger partial charge in [0.2, 0.25) is 0 Å². The van der Waals surface area contributed by atoms with Crippen molar-refractivity contribution in [1.29, 1.82) is 0 Å². The Kier molecular flexibility index (Phi) is 6.66. The minimum Gasteiger partial charge on any atom is -0.381 e. The Bertz CT molecular complexity index is 692. The number of benzene rings is 1. The lowest BCUT2D eigenvalue weighted by atomic mass is 9.96. The summed E-state index contributed by atoms with van der Waals surface area (Å²) in [6.07, 6.45) is 9.14. The van der Waals surface area contributed by atoms with Crippen LogP contribution in [-0.2, 0) is 11.3 Å². The fraction of sp³-hybridized carbons (Fsp3) is 0.500. The first-order valence-corrected chi connectivity index (χ1v) is 9.33. The topological polar surface area (TPSA) is 54.7 Å². The molecule has 0 bridgehead atoms. The molecule has 26 heavy (non-hydrogen) atoms. The Labute approximate surface area is 155 Å². The predicted octanol–water partition coefficient (Wildman–Crippen LogP) is 2.70. The SMILES string of the molecule is CN=C(NCc1ccccc1-n1ccnc1)N(C)CCC1CCOCC1. The maximum Gasteiger partial charge on any atom is 0.193 e. The predicted molar refractivity (Wildman–Crippen MR) is 105 cm³/mol. The second-order valence-electron chi connectivity index (χ2n) is 6.77. The first-order valence-electron chi connectivity index (χ1n) is 9.33. The van der Waals surface area contributed by atoms with Crippen molar-refractivity contribution >= 4 is 5.96 Å². The maximum atomic E-state index is 5.45. The van der Waals surface area contributed by atoms with E-state index in [0.717, 1.165) is 43.9 Å². The van der Waals surface area contributed by atoms with Gasteiger partial charge in [0.25, 0.3) is 0 Å². The summed E-state index contributed by atoms with van der Waals surface area (Å²) in [5, 5.41) is 3.49. The van der Waals surface area contributed by atoms with Gasteiger partial charge in [0.15, 0.2) is 5.96 Å². The Morgan fingerprint density at radius 2 is 2.15 bits per heavy atom. The van der Waals surface area contributed by atoms with Crippen LogP contribution in [0.2, 0.25) is 0 Å². The van der Waals surface area contributed by atoms with Gasteiger partial charge in [-0.1, -0.05) is 18.2 Å². The van der Waals surface area contributed by atoms with Crippen molar-refractivity contribution in [3.8, 4) is 5.69 Å². The van der Waals surface area contributed by atoms with E-state index in [1.54, 1.807) is 6.20 Å². The molecule has 1 aliphatic rings. The van der Waals surface area contributed by atoms with Gasteiger partial charge in [0.1, 0.15) is 0 Å². The van der Waals surface area contributed by atoms with E-state index in [1.165, 1.54) is 24.8 Å². The van der Waals surface area contributed by atoms with Gasteiger partial charge in [-0.3, -0.25) is 4.99 Å². The van der Waals surface area contributed by atoms with Gasteiger partial charge in [0.05, 0.1) is 12.0 Å². The zero-order valence-corrected chi connectivity index (χ0v) is 15.8. The van der Waals surface area contributed by atoms with E-state index in [4.69, 9.17) is 4.74 Å². The number of imidazole rings is 1. The van der Waals surface area contributed by atoms with Crippen LogP contribution in [0.4, 0.5) is 0 Å². The van der Waals surface area contributed by atoms with E-state index in [1.807, 2.05) is 30.2 Å². The number of nitrogens with zero attached hydrogens (tertiary/aromatic N) is 4. The van der Waals surface area contributed by atoms with Crippen molar-refractivity contribution < 1.29 is 4.74 Å². The van der Waals surface area contributed by atoms with Crippen molar-refractivity contribution in [1.82, 2.24) is 19.8 Å². The molecule has 0 radical (unpaired) electrons. The summed E-state index contributed by atoms with van der Waals surface area (Å²) < 4.78 is 7.48. The monoisotopic (exact) mass is 355 g/mol. The second kappa shape index (κ2) is 9.38. The van der Waals surface area contributed by atoms with E-state index < -0.39 is 0 Å². The zero-order valence-electron chi connectivity index (χ0n) is 15.8. The van der Waals surface area contributed by atoms with Gasteiger partial charge in [-0.25, -0.2) is 4.98 Å². The first kappa shape index (κ1) is 18.5. The fourth-order valence-electron chi connectivity index (χ4n) is 3.39. The maximum absolute atomic E-state index is 5.45. The van der Waals surface area contributed by atoms with Crippen LogP contribution in [0.15, 0.2) is 48.0 Å². The van der Waals surface area contributed by atoms with Crippen molar-refractivity contribution in [2.45, 2.75) is 25.8 Å². The summed E-state index contributed by atoms with van der Waals surface area (Å²) in [5.74, 6) is 1.70. The molecule has 140 valence electrons. The van der Waals surface area contributed by atoms with Gasteiger partial charge >= 0.3 is 0 Å². The first-order chi connectivity index (χ1) is 12.8. The summed E-state index contributed by atoms with van der Waals surface area (Å²) >= 11 is 0. The Morgan fingerprint density at radius 1 is 1.35 bits per heavy atom. The van der Waals surface area contributed by atoms with Gasteiger partial charge in [-0.05, 0) is 36.8 Å². The van der Waals surface area contributed by atoms with Crippen molar-refractivity contribution in [3.63, 3.8) is 0 Å². The number of hydrogen-bond acceptors (Lipinski definition) is 3. The lowest BCUT2D eigenvalue weighted by Crippen LogP contribution is -2.39. The van der Waals surface area contributed by atoms with Crippen LogP contribution in [0.3, 0.4) is 0 Å². The number of hydrogen-bond donors (Lipinski definition) is 1. The number of guanidine groups is 1. The molecule has 1 saturated heterocycles. The summed E-state index contributed by atoms with van der Waals surface area (Å²) in [5.41, 5.74) is 2.35. The Morgan fingerprint density at radius 3 is 2.88 bits per heavy atom. The molecule has 0 unspecified atom stereocenters. The third-order valence-electron chi connectivity index (χ3n) is 5.00. The smallest absolute Gasteiger partial charge is 0.193 e. The van der Waals surface area contributed by atoms with E-state index in [9.17, 15) is 0 Å². The van der Waals surface area contributed by atoms with Crippen molar-refractivity contribution in [2.75, 3.05) is 33.9 Å². The summed E-state index contributed by atoms with van der Waals surface area (Å²) in [6.45, 7) is 3.55. The van der Waals surface area contributed by atoms with E-state index in [-0.39, 0.29) is 0 Å². The van der Waals surface area contributed by atoms with Gasteiger partial charge < -0.3 is 19.5 Å². The third-order valence-corrected chi connectivity index (χ3v) is 5.00. The molecule has 6 nitrogen and oxygen atoms in total. The van der Waals surface area contributed by atoms with E-state index in [2.05, 4.69) is 45.4 Å². The molecule has 1 fully saturated rings. The molecule has 3 rings (SSSR count). The number of para-hydroxylation sites is 1. The number of ether oxygens (including phenoxy) is 1. The van der Waals surface area contributed by atoms with Crippen LogP contribution in [0.1, 0.15) is 24.8 Å². The number of aliphatic imine (C=N–C) groups is 1. The largest absolute Gasteiger partial charge is 0.381 e. The molecule has 2 aromatic rings. The van der Waals surface area contributed by atoms with Crippen LogP contribution in [-0.4, -0.2) is 54.3 Å². The van der Waals surface area contributed by atoms with Gasteiger partial charge in [-0.15, -0.1) is 0 Å². The zero-order chi connectivity index (χ0) is 18.2. The van der Waals surface area contributed by atoms with Crippen LogP contribution in [0.5, 0.6) is 0 Å². The van der Waals surface area contributed by atoms with Crippen molar-refractivity contribution in [3.05, 3.63) is 48.5 Å². The third kappa shape index (κ3) is 4.85. The molecule has 0 aliphatic carbocycles. The van der Waals surface area contributed by atoms with Crippen LogP contribution in [0, 0.1) is 5.92 Å². The lowest BCUT2D eigenvalue weighted by Gasteiger charge is -2.27. The minimum atomic E-state index is 0.725. The molecule has 0 saturated carbocycles. The molecule has 1 aliphatic heterocycles. The molecular weight excluding hydrogens is 326 g/mol. The highest BCUT2D eigenvalue weighted by Gasteiger charge is 2.15. The molecule has 1 N–H and O–H groups in total. The number of nitrogens with one attached hydrogen (secondary N) is 1. The standard InChI is InChI=1S/C20H29N5O/c1-21-20(24(2)11-7-17-8-13-26-14-9-17)23-15-18-5-3-4-6-19(18)25-12-10-22-16-25/h3-6,10,12,16-17H,7-9,11,13-15H2,1-2H3,(H,21,23). The second-order valence-corrected chi connectivity index (χ2v) is 6.77. The highest BCUT2D eigenvalue weighted by atomic mass is 16.5. The number of rotatable bonds is 6. The number of aromatic nitrogens is 2.